The Hall–Kier alpha value is -2.96. The van der Waals surface area contributed by atoms with E-state index >= 15 is 0 Å². The van der Waals surface area contributed by atoms with Crippen molar-refractivity contribution in [1.29, 1.82) is 0 Å². The third kappa shape index (κ3) is 4.53. The van der Waals surface area contributed by atoms with E-state index in [0.29, 0.717) is 5.56 Å². The van der Waals surface area contributed by atoms with E-state index in [4.69, 9.17) is 4.74 Å². The number of para-hydroxylation sites is 1. The molecule has 132 valence electrons. The SMILES string of the molecule is COC(=O)[C@H](C[C@H](C)C(=O)OC)NC(=O)c1cnc2ccccc2c1. The number of hydrogen-bond donors (Lipinski definition) is 1. The molecule has 1 heterocycles. The molecule has 1 aromatic heterocycles. The zero-order valence-electron chi connectivity index (χ0n) is 14.3. The van der Waals surface area contributed by atoms with Crippen LogP contribution in [-0.2, 0) is 19.1 Å². The number of pyridine rings is 1. The predicted octanol–water partition coefficient (Wildman–Crippen LogP) is 1.71. The van der Waals surface area contributed by atoms with E-state index in [0.717, 1.165) is 10.9 Å². The smallest absolute Gasteiger partial charge is 0.328 e. The lowest BCUT2D eigenvalue weighted by Gasteiger charge is -2.19. The van der Waals surface area contributed by atoms with Gasteiger partial charge in [0.2, 0.25) is 0 Å². The van der Waals surface area contributed by atoms with Gasteiger partial charge in [-0.3, -0.25) is 14.6 Å². The molecule has 0 fully saturated rings. The first-order valence-electron chi connectivity index (χ1n) is 7.77. The van der Waals surface area contributed by atoms with Crippen molar-refractivity contribution in [1.82, 2.24) is 10.3 Å². The maximum absolute atomic E-state index is 12.5. The number of rotatable bonds is 6. The zero-order valence-corrected chi connectivity index (χ0v) is 14.3. The van der Waals surface area contributed by atoms with E-state index in [1.54, 1.807) is 13.0 Å². The lowest BCUT2D eigenvalue weighted by atomic mass is 10.0. The van der Waals surface area contributed by atoms with Crippen molar-refractivity contribution < 1.29 is 23.9 Å². The van der Waals surface area contributed by atoms with Gasteiger partial charge in [-0.2, -0.15) is 0 Å². The number of carbonyl (C=O) groups is 3. The maximum Gasteiger partial charge on any atom is 0.328 e. The highest BCUT2D eigenvalue weighted by Gasteiger charge is 2.27. The number of nitrogens with one attached hydrogen (secondary N) is 1. The molecule has 0 unspecified atom stereocenters. The fourth-order valence-electron chi connectivity index (χ4n) is 2.44. The second-order valence-electron chi connectivity index (χ2n) is 5.63. The number of hydrogen-bond acceptors (Lipinski definition) is 6. The average Bonchev–Trinajstić information content (AvgIpc) is 2.65. The lowest BCUT2D eigenvalue weighted by Crippen LogP contribution is -2.43. The summed E-state index contributed by atoms with van der Waals surface area (Å²) in [4.78, 5) is 40.2. The molecule has 0 aliphatic rings. The topological polar surface area (TPSA) is 94.6 Å². The van der Waals surface area contributed by atoms with E-state index in [2.05, 4.69) is 15.0 Å². The van der Waals surface area contributed by atoms with Gasteiger partial charge < -0.3 is 14.8 Å². The molecule has 0 bridgehead atoms. The van der Waals surface area contributed by atoms with Crippen LogP contribution in [0.2, 0.25) is 0 Å². The van der Waals surface area contributed by atoms with Crippen molar-refractivity contribution in [3.05, 3.63) is 42.1 Å². The van der Waals surface area contributed by atoms with Gasteiger partial charge in [0.15, 0.2) is 0 Å². The van der Waals surface area contributed by atoms with Crippen molar-refractivity contribution in [3.8, 4) is 0 Å². The Kier molecular flexibility index (Phi) is 6.05. The molecule has 7 nitrogen and oxygen atoms in total. The highest BCUT2D eigenvalue weighted by atomic mass is 16.5. The molecule has 0 aliphatic heterocycles. The van der Waals surface area contributed by atoms with Gasteiger partial charge in [0, 0.05) is 11.6 Å². The Labute approximate surface area is 145 Å². The Bertz CT molecular complexity index is 790. The van der Waals surface area contributed by atoms with Gasteiger partial charge in [0.05, 0.1) is 31.2 Å². The molecule has 0 saturated heterocycles. The summed E-state index contributed by atoms with van der Waals surface area (Å²) in [6, 6.07) is 8.12. The first kappa shape index (κ1) is 18.4. The van der Waals surface area contributed by atoms with Gasteiger partial charge in [-0.1, -0.05) is 25.1 Å². The van der Waals surface area contributed by atoms with Gasteiger partial charge in [-0.25, -0.2) is 4.79 Å². The lowest BCUT2D eigenvalue weighted by molar-refractivity contribution is -0.147. The number of ether oxygens (including phenoxy) is 2. The van der Waals surface area contributed by atoms with Crippen molar-refractivity contribution in [2.45, 2.75) is 19.4 Å². The van der Waals surface area contributed by atoms with Crippen LogP contribution in [0.25, 0.3) is 10.9 Å². The number of esters is 2. The quantitative estimate of drug-likeness (QED) is 0.802. The van der Waals surface area contributed by atoms with Gasteiger partial charge in [0.1, 0.15) is 6.04 Å². The van der Waals surface area contributed by atoms with Crippen LogP contribution in [0.5, 0.6) is 0 Å². The molecular formula is C18H20N2O5. The van der Waals surface area contributed by atoms with E-state index in [1.165, 1.54) is 20.4 Å². The fourth-order valence-corrected chi connectivity index (χ4v) is 2.44. The summed E-state index contributed by atoms with van der Waals surface area (Å²) in [6.45, 7) is 1.62. The zero-order chi connectivity index (χ0) is 18.4. The van der Waals surface area contributed by atoms with Gasteiger partial charge in [-0.15, -0.1) is 0 Å². The summed E-state index contributed by atoms with van der Waals surface area (Å²) in [6.07, 6.45) is 1.52. The summed E-state index contributed by atoms with van der Waals surface area (Å²) in [5.41, 5.74) is 1.08. The second-order valence-corrected chi connectivity index (χ2v) is 5.63. The van der Waals surface area contributed by atoms with Gasteiger partial charge in [-0.05, 0) is 18.6 Å². The molecule has 2 atom stereocenters. The number of amides is 1. The number of carbonyl (C=O) groups excluding carboxylic acids is 3. The highest BCUT2D eigenvalue weighted by Crippen LogP contribution is 2.14. The minimum atomic E-state index is -0.960. The highest BCUT2D eigenvalue weighted by molar-refractivity contribution is 5.99. The standard InChI is InChI=1S/C18H20N2O5/c1-11(17(22)24-2)8-15(18(23)25-3)20-16(21)13-9-12-6-4-5-7-14(12)19-10-13/h4-7,9-11,15H,8H2,1-3H3,(H,20,21)/t11-,15-/m0/s1. The monoisotopic (exact) mass is 344 g/mol. The molecular weight excluding hydrogens is 324 g/mol. The maximum atomic E-state index is 12.5. The number of aromatic nitrogens is 1. The molecule has 0 saturated carbocycles. The molecule has 25 heavy (non-hydrogen) atoms. The summed E-state index contributed by atoms with van der Waals surface area (Å²) in [5, 5.41) is 3.41. The van der Waals surface area contributed by atoms with Crippen molar-refractivity contribution in [3.63, 3.8) is 0 Å². The second kappa shape index (κ2) is 8.23. The van der Waals surface area contributed by atoms with Crippen molar-refractivity contribution in [2.24, 2.45) is 5.92 Å². The number of benzene rings is 1. The summed E-state index contributed by atoms with van der Waals surface area (Å²) < 4.78 is 9.36. The molecule has 2 aromatic rings. The number of nitrogens with zero attached hydrogens (tertiary/aromatic N) is 1. The van der Waals surface area contributed by atoms with Gasteiger partial charge >= 0.3 is 11.9 Å². The normalized spacial score (nSPS) is 12.9. The third-order valence-electron chi connectivity index (χ3n) is 3.84. The predicted molar refractivity (Wildman–Crippen MR) is 90.8 cm³/mol. The molecule has 1 N–H and O–H groups in total. The van der Waals surface area contributed by atoms with E-state index in [9.17, 15) is 14.4 Å². The van der Waals surface area contributed by atoms with Crippen LogP contribution < -0.4 is 5.32 Å². The Morgan fingerprint density at radius 2 is 1.80 bits per heavy atom. The molecule has 7 heteroatoms. The molecule has 1 amide bonds. The van der Waals surface area contributed by atoms with E-state index in [-0.39, 0.29) is 6.42 Å². The summed E-state index contributed by atoms with van der Waals surface area (Å²) in [5.74, 6) is -2.12. The van der Waals surface area contributed by atoms with Crippen LogP contribution >= 0.6 is 0 Å². The molecule has 0 radical (unpaired) electrons. The summed E-state index contributed by atoms with van der Waals surface area (Å²) >= 11 is 0. The molecule has 0 aliphatic carbocycles. The van der Waals surface area contributed by atoms with Crippen LogP contribution in [0.1, 0.15) is 23.7 Å². The van der Waals surface area contributed by atoms with Crippen LogP contribution in [0.3, 0.4) is 0 Å². The Balaban J connectivity index is 2.17. The Morgan fingerprint density at radius 3 is 2.48 bits per heavy atom. The van der Waals surface area contributed by atoms with Crippen molar-refractivity contribution in [2.75, 3.05) is 14.2 Å². The van der Waals surface area contributed by atoms with Crippen LogP contribution in [-0.4, -0.2) is 43.1 Å². The third-order valence-corrected chi connectivity index (χ3v) is 3.84. The van der Waals surface area contributed by atoms with Gasteiger partial charge in [0.25, 0.3) is 5.91 Å². The minimum Gasteiger partial charge on any atom is -0.469 e. The molecule has 0 spiro atoms. The average molecular weight is 344 g/mol. The molecule has 1 aromatic carbocycles. The van der Waals surface area contributed by atoms with E-state index < -0.39 is 29.8 Å². The van der Waals surface area contributed by atoms with Crippen LogP contribution in [0.15, 0.2) is 36.5 Å². The molecule has 2 rings (SSSR count). The fraction of sp³-hybridized carbons (Fsp3) is 0.333. The number of methoxy groups -OCH3 is 2. The first-order valence-corrected chi connectivity index (χ1v) is 7.77. The Morgan fingerprint density at radius 1 is 1.12 bits per heavy atom. The van der Waals surface area contributed by atoms with Crippen molar-refractivity contribution >= 4 is 28.7 Å². The van der Waals surface area contributed by atoms with Crippen LogP contribution in [0.4, 0.5) is 0 Å². The first-order chi connectivity index (χ1) is 12.0. The number of fused-ring (bicyclic) bond motifs is 1. The van der Waals surface area contributed by atoms with Crippen LogP contribution in [0, 0.1) is 5.92 Å². The minimum absolute atomic E-state index is 0.0755. The largest absolute Gasteiger partial charge is 0.469 e. The summed E-state index contributed by atoms with van der Waals surface area (Å²) in [7, 11) is 2.49. The van der Waals surface area contributed by atoms with E-state index in [1.807, 2.05) is 24.3 Å².